The summed E-state index contributed by atoms with van der Waals surface area (Å²) in [6.07, 6.45) is 0. The predicted octanol–water partition coefficient (Wildman–Crippen LogP) is 5.08. The van der Waals surface area contributed by atoms with E-state index in [-0.39, 0.29) is 17.1 Å². The molecule has 0 N–H and O–H groups in total. The topological polar surface area (TPSA) is 0 Å². The van der Waals surface area contributed by atoms with Crippen LogP contribution in [-0.2, 0) is 17.1 Å². The summed E-state index contributed by atoms with van der Waals surface area (Å²) >= 11 is -1.34. The minimum absolute atomic E-state index is 0. The van der Waals surface area contributed by atoms with Gasteiger partial charge in [-0.2, -0.15) is 12.1 Å². The van der Waals surface area contributed by atoms with E-state index in [2.05, 4.69) is 170 Å². The van der Waals surface area contributed by atoms with Crippen LogP contribution in [0.3, 0.4) is 0 Å². The second kappa shape index (κ2) is 14.1. The number of hydrogen-bond acceptors (Lipinski definition) is 0. The Morgan fingerprint density at radius 3 is 1.27 bits per heavy atom. The summed E-state index contributed by atoms with van der Waals surface area (Å²) in [6, 6.07) is 60.9. The molecule has 0 aliphatic rings. The molecule has 0 amide bonds. The quantitative estimate of drug-likeness (QED) is 0.143. The Morgan fingerprint density at radius 2 is 0.865 bits per heavy atom. The third-order valence-corrected chi connectivity index (χ3v) is 13.4. The fourth-order valence-electron chi connectivity index (χ4n) is 4.23. The van der Waals surface area contributed by atoms with Crippen LogP contribution in [0.4, 0.5) is 0 Å². The molecule has 37 heavy (non-hydrogen) atoms. The van der Waals surface area contributed by atoms with E-state index in [1.807, 2.05) is 0 Å². The van der Waals surface area contributed by atoms with Gasteiger partial charge in [0.25, 0.3) is 0 Å². The molecule has 0 heterocycles. The Labute approximate surface area is 237 Å². The zero-order valence-corrected chi connectivity index (χ0v) is 24.3. The fourth-order valence-corrected chi connectivity index (χ4v) is 11.4. The van der Waals surface area contributed by atoms with Gasteiger partial charge in [0.1, 0.15) is 0 Å². The van der Waals surface area contributed by atoms with Crippen LogP contribution in [0.1, 0.15) is 0 Å². The monoisotopic (exact) mass is 598 g/mol. The van der Waals surface area contributed by atoms with Gasteiger partial charge in [0.15, 0.2) is 0 Å². The van der Waals surface area contributed by atoms with Crippen molar-refractivity contribution < 1.29 is 17.1 Å². The SMILES string of the molecule is [Fe].c1ccc(P(c2ccccc2)[c-]2cccc2)cc1.c1ccc([As](c2ccccc2)[c-]2[cH-][cH-][cH-][cH-]2)cc1. The Balaban J connectivity index is 0.000000168. The first-order valence-corrected chi connectivity index (χ1v) is 16.3. The summed E-state index contributed by atoms with van der Waals surface area (Å²) < 4.78 is 4.48. The van der Waals surface area contributed by atoms with E-state index in [0.717, 1.165) is 0 Å². The van der Waals surface area contributed by atoms with Gasteiger partial charge in [0.05, 0.1) is 0 Å². The molecule has 0 bridgehead atoms. The molecule has 3 heteroatoms. The molecule has 6 rings (SSSR count). The van der Waals surface area contributed by atoms with E-state index < -0.39 is 22.6 Å². The first kappa shape index (κ1) is 27.1. The van der Waals surface area contributed by atoms with Crippen molar-refractivity contribution in [2.24, 2.45) is 0 Å². The molecular formula is C34H28AsFeP-6. The van der Waals surface area contributed by atoms with Gasteiger partial charge in [-0.1, -0.05) is 68.6 Å². The molecule has 0 aliphatic carbocycles. The maximum absolute atomic E-state index is 2.26. The van der Waals surface area contributed by atoms with Crippen LogP contribution in [0.5, 0.6) is 0 Å². The van der Waals surface area contributed by atoms with Gasteiger partial charge in [-0.3, -0.25) is 0 Å². The molecule has 0 spiro atoms. The van der Waals surface area contributed by atoms with E-state index in [1.165, 1.54) is 29.0 Å². The van der Waals surface area contributed by atoms with Gasteiger partial charge in [-0.15, -0.1) is 5.30 Å². The third-order valence-electron chi connectivity index (χ3n) is 5.86. The van der Waals surface area contributed by atoms with E-state index in [1.54, 1.807) is 0 Å². The van der Waals surface area contributed by atoms with Crippen molar-refractivity contribution in [3.05, 3.63) is 170 Å². The zero-order valence-electron chi connectivity index (χ0n) is 20.4. The van der Waals surface area contributed by atoms with E-state index in [0.29, 0.717) is 0 Å². The van der Waals surface area contributed by atoms with Crippen LogP contribution in [0, 0.1) is 0 Å². The number of rotatable bonds is 6. The van der Waals surface area contributed by atoms with Crippen molar-refractivity contribution in [1.82, 2.24) is 0 Å². The Morgan fingerprint density at radius 1 is 0.486 bits per heavy atom. The van der Waals surface area contributed by atoms with Gasteiger partial charge in [-0.25, -0.2) is 12.1 Å². The molecule has 0 fully saturated rings. The first-order valence-electron chi connectivity index (χ1n) is 12.1. The van der Waals surface area contributed by atoms with Crippen molar-refractivity contribution in [3.63, 3.8) is 0 Å². The third kappa shape index (κ3) is 7.11. The fraction of sp³-hybridized carbons (Fsp3) is 0. The van der Waals surface area contributed by atoms with Crippen LogP contribution in [-0.4, -0.2) is 14.7 Å². The van der Waals surface area contributed by atoms with E-state index in [9.17, 15) is 0 Å². The normalized spacial score (nSPS) is 10.4. The van der Waals surface area contributed by atoms with Gasteiger partial charge in [0.2, 0.25) is 0 Å². The van der Waals surface area contributed by atoms with Gasteiger partial charge >= 0.3 is 113 Å². The second-order valence-electron chi connectivity index (χ2n) is 8.30. The summed E-state index contributed by atoms with van der Waals surface area (Å²) in [7, 11) is -0.409. The van der Waals surface area contributed by atoms with Gasteiger partial charge in [0, 0.05) is 17.1 Å². The van der Waals surface area contributed by atoms with Crippen molar-refractivity contribution in [2.75, 3.05) is 0 Å². The molecule has 0 aliphatic heterocycles. The van der Waals surface area contributed by atoms with Crippen molar-refractivity contribution in [2.45, 2.75) is 0 Å². The number of hydrogen-bond donors (Lipinski definition) is 0. The van der Waals surface area contributed by atoms with Crippen LogP contribution < -0.4 is 29.0 Å². The first-order chi connectivity index (χ1) is 17.9. The standard InChI is InChI=1S/C17H14As.C17H14P.Fe/c2*1-3-9-15(10-4-1)18(17-13-7-8-14-17)16-11-5-2-6-12-16;/h2*1-14H;/q-5;-1;. The summed E-state index contributed by atoms with van der Waals surface area (Å²) in [5.41, 5.74) is 0. The van der Waals surface area contributed by atoms with Crippen molar-refractivity contribution in [3.8, 4) is 0 Å². The molecule has 188 valence electrons. The summed E-state index contributed by atoms with van der Waals surface area (Å²) in [6.45, 7) is 0. The predicted molar refractivity (Wildman–Crippen MR) is 160 cm³/mol. The van der Waals surface area contributed by atoms with E-state index >= 15 is 0 Å². The van der Waals surface area contributed by atoms with Crippen molar-refractivity contribution in [1.29, 1.82) is 0 Å². The average molecular weight is 598 g/mol. The summed E-state index contributed by atoms with van der Waals surface area (Å²) in [5, 5.41) is 4.23. The average Bonchev–Trinajstić information content (AvgIpc) is 3.68. The summed E-state index contributed by atoms with van der Waals surface area (Å²) in [5.74, 6) is 0. The molecule has 0 aromatic heterocycles. The molecule has 0 atom stereocenters. The molecule has 6 aromatic rings. The molecule has 0 saturated heterocycles. The molecule has 0 saturated carbocycles. The van der Waals surface area contributed by atoms with Gasteiger partial charge < -0.3 is 0 Å². The molecular weight excluding hydrogens is 570 g/mol. The maximum atomic E-state index is 2.26. The second-order valence-corrected chi connectivity index (χ2v) is 15.2. The van der Waals surface area contributed by atoms with Crippen LogP contribution in [0.2, 0.25) is 0 Å². The summed E-state index contributed by atoms with van der Waals surface area (Å²) in [4.78, 5) is 0. The van der Waals surface area contributed by atoms with Gasteiger partial charge in [-0.05, 0) is 10.6 Å². The van der Waals surface area contributed by atoms with Crippen LogP contribution >= 0.6 is 7.92 Å². The Bertz CT molecular complexity index is 1210. The minimum atomic E-state index is -1.34. The Hall–Kier alpha value is -2.91. The molecule has 0 radical (unpaired) electrons. The molecule has 0 nitrogen and oxygen atoms in total. The number of benzene rings is 4. The molecule has 6 aromatic carbocycles. The van der Waals surface area contributed by atoms with Crippen LogP contribution in [0.15, 0.2) is 170 Å². The van der Waals surface area contributed by atoms with E-state index in [4.69, 9.17) is 0 Å². The Kier molecular flexibility index (Phi) is 10.4. The van der Waals surface area contributed by atoms with Crippen molar-refractivity contribution >= 4 is 51.5 Å². The van der Waals surface area contributed by atoms with Crippen LogP contribution in [0.25, 0.3) is 0 Å². The zero-order chi connectivity index (χ0) is 24.4. The molecule has 0 unspecified atom stereocenters.